The maximum Gasteiger partial charge on any atom is 0.251 e. The Morgan fingerprint density at radius 3 is 2.50 bits per heavy atom. The molecule has 0 atom stereocenters. The van der Waals surface area contributed by atoms with Crippen molar-refractivity contribution in [2.45, 2.75) is 40.4 Å². The number of hydrogen-bond acceptors (Lipinski definition) is 3. The van der Waals surface area contributed by atoms with E-state index in [9.17, 15) is 4.79 Å². The molecule has 0 aromatic heterocycles. The zero-order chi connectivity index (χ0) is 15.1. The summed E-state index contributed by atoms with van der Waals surface area (Å²) < 4.78 is 10.9. The molecule has 4 nitrogen and oxygen atoms in total. The number of rotatable bonds is 7. The van der Waals surface area contributed by atoms with Gasteiger partial charge in [0.25, 0.3) is 5.91 Å². The molecule has 1 aromatic carbocycles. The first kappa shape index (κ1) is 16.5. The lowest BCUT2D eigenvalue weighted by atomic mass is 10.1. The number of nitrogens with one attached hydrogen (secondary N) is 1. The number of carbonyl (C=O) groups excluding carboxylic acids is 1. The van der Waals surface area contributed by atoms with E-state index in [0.717, 1.165) is 11.3 Å². The maximum absolute atomic E-state index is 12.0. The van der Waals surface area contributed by atoms with Crippen molar-refractivity contribution < 1.29 is 14.3 Å². The van der Waals surface area contributed by atoms with Crippen LogP contribution in [0.1, 0.15) is 43.6 Å². The molecule has 1 N–H and O–H groups in total. The lowest BCUT2D eigenvalue weighted by molar-refractivity contribution is 0.0644. The van der Waals surface area contributed by atoms with Gasteiger partial charge in [0.1, 0.15) is 5.75 Å². The Labute approximate surface area is 121 Å². The second-order valence-electron chi connectivity index (χ2n) is 5.49. The highest BCUT2D eigenvalue weighted by molar-refractivity contribution is 5.94. The molecule has 0 aliphatic rings. The topological polar surface area (TPSA) is 47.6 Å². The number of methoxy groups -OCH3 is 1. The molecule has 20 heavy (non-hydrogen) atoms. The number of amides is 1. The normalized spacial score (nSPS) is 10.9. The minimum atomic E-state index is -0.0628. The highest BCUT2D eigenvalue weighted by atomic mass is 16.5. The fraction of sp³-hybridized carbons (Fsp3) is 0.562. The molecule has 1 amide bonds. The maximum atomic E-state index is 12.0. The quantitative estimate of drug-likeness (QED) is 0.834. The van der Waals surface area contributed by atoms with Gasteiger partial charge in [-0.15, -0.1) is 0 Å². The van der Waals surface area contributed by atoms with Crippen molar-refractivity contribution in [2.24, 2.45) is 5.92 Å². The van der Waals surface area contributed by atoms with Gasteiger partial charge in [-0.2, -0.15) is 0 Å². The minimum Gasteiger partial charge on any atom is -0.496 e. The summed E-state index contributed by atoms with van der Waals surface area (Å²) in [6, 6.07) is 5.41. The van der Waals surface area contributed by atoms with Crippen LogP contribution in [-0.4, -0.2) is 25.7 Å². The van der Waals surface area contributed by atoms with Gasteiger partial charge in [0.2, 0.25) is 0 Å². The Morgan fingerprint density at radius 1 is 1.25 bits per heavy atom. The first-order chi connectivity index (χ1) is 9.43. The summed E-state index contributed by atoms with van der Waals surface area (Å²) in [6.45, 7) is 9.19. The van der Waals surface area contributed by atoms with E-state index in [0.29, 0.717) is 24.6 Å². The van der Waals surface area contributed by atoms with Gasteiger partial charge in [-0.05, 0) is 38.0 Å². The van der Waals surface area contributed by atoms with Crippen molar-refractivity contribution in [3.63, 3.8) is 0 Å². The van der Waals surface area contributed by atoms with Crippen molar-refractivity contribution >= 4 is 5.91 Å². The Balaban J connectivity index is 2.82. The fourth-order valence-electron chi connectivity index (χ4n) is 1.69. The van der Waals surface area contributed by atoms with Crippen LogP contribution < -0.4 is 10.1 Å². The summed E-state index contributed by atoms with van der Waals surface area (Å²) in [4.78, 5) is 12.0. The highest BCUT2D eigenvalue weighted by Gasteiger charge is 2.11. The molecule has 112 valence electrons. The minimum absolute atomic E-state index is 0.0628. The van der Waals surface area contributed by atoms with Crippen molar-refractivity contribution in [2.75, 3.05) is 13.7 Å². The SMILES string of the molecule is COc1ccc(C(=O)NCC(C)C)cc1COC(C)C. The molecule has 0 unspecified atom stereocenters. The van der Waals surface area contributed by atoms with Crippen LogP contribution in [0.25, 0.3) is 0 Å². The van der Waals surface area contributed by atoms with Crippen LogP contribution in [0.5, 0.6) is 5.75 Å². The van der Waals surface area contributed by atoms with Gasteiger partial charge in [0.15, 0.2) is 0 Å². The summed E-state index contributed by atoms with van der Waals surface area (Å²) in [5.74, 6) is 1.11. The molecule has 1 rings (SSSR count). The smallest absolute Gasteiger partial charge is 0.251 e. The molecule has 0 aliphatic carbocycles. The van der Waals surface area contributed by atoms with Crippen LogP contribution in [-0.2, 0) is 11.3 Å². The Morgan fingerprint density at radius 2 is 1.95 bits per heavy atom. The molecule has 0 saturated carbocycles. The second-order valence-corrected chi connectivity index (χ2v) is 5.49. The van der Waals surface area contributed by atoms with Crippen LogP contribution in [0.2, 0.25) is 0 Å². The highest BCUT2D eigenvalue weighted by Crippen LogP contribution is 2.21. The Kier molecular flexibility index (Phi) is 6.52. The van der Waals surface area contributed by atoms with Crippen LogP contribution >= 0.6 is 0 Å². The average Bonchev–Trinajstić information content (AvgIpc) is 2.41. The van der Waals surface area contributed by atoms with Gasteiger partial charge in [-0.1, -0.05) is 13.8 Å². The van der Waals surface area contributed by atoms with E-state index in [2.05, 4.69) is 19.2 Å². The van der Waals surface area contributed by atoms with Crippen LogP contribution in [0.3, 0.4) is 0 Å². The summed E-state index contributed by atoms with van der Waals surface area (Å²) in [7, 11) is 1.62. The van der Waals surface area contributed by atoms with Gasteiger partial charge >= 0.3 is 0 Å². The first-order valence-electron chi connectivity index (χ1n) is 7.00. The van der Waals surface area contributed by atoms with Gasteiger partial charge in [-0.3, -0.25) is 4.79 Å². The molecule has 4 heteroatoms. The van der Waals surface area contributed by atoms with E-state index in [1.54, 1.807) is 13.2 Å². The molecular weight excluding hydrogens is 254 g/mol. The van der Waals surface area contributed by atoms with Crippen LogP contribution in [0.4, 0.5) is 0 Å². The number of ether oxygens (including phenoxy) is 2. The number of carbonyl (C=O) groups is 1. The molecule has 1 aromatic rings. The van der Waals surface area contributed by atoms with Crippen molar-refractivity contribution in [1.82, 2.24) is 5.32 Å². The third-order valence-corrected chi connectivity index (χ3v) is 2.79. The lowest BCUT2D eigenvalue weighted by Crippen LogP contribution is -2.27. The molecule has 0 heterocycles. The number of hydrogen-bond donors (Lipinski definition) is 1. The predicted molar refractivity (Wildman–Crippen MR) is 80.1 cm³/mol. The van der Waals surface area contributed by atoms with Crippen LogP contribution in [0, 0.1) is 5.92 Å². The largest absolute Gasteiger partial charge is 0.496 e. The van der Waals surface area contributed by atoms with Crippen molar-refractivity contribution in [3.8, 4) is 5.75 Å². The van der Waals surface area contributed by atoms with E-state index in [4.69, 9.17) is 9.47 Å². The van der Waals surface area contributed by atoms with Crippen LogP contribution in [0.15, 0.2) is 18.2 Å². The molecular formula is C16H25NO3. The monoisotopic (exact) mass is 279 g/mol. The van der Waals surface area contributed by atoms with Gasteiger partial charge in [0.05, 0.1) is 19.8 Å². The Hall–Kier alpha value is -1.55. The van der Waals surface area contributed by atoms with Gasteiger partial charge in [0, 0.05) is 17.7 Å². The van der Waals surface area contributed by atoms with E-state index in [-0.39, 0.29) is 12.0 Å². The molecule has 0 aliphatic heterocycles. The van der Waals surface area contributed by atoms with Crippen molar-refractivity contribution in [3.05, 3.63) is 29.3 Å². The standard InChI is InChI=1S/C16H25NO3/c1-11(2)9-17-16(18)13-6-7-15(19-5)14(8-13)10-20-12(3)4/h6-8,11-12H,9-10H2,1-5H3,(H,17,18). The first-order valence-corrected chi connectivity index (χ1v) is 7.00. The predicted octanol–water partition coefficient (Wildman–Crippen LogP) is 3.01. The fourth-order valence-corrected chi connectivity index (χ4v) is 1.69. The zero-order valence-electron chi connectivity index (χ0n) is 13.0. The third kappa shape index (κ3) is 5.21. The number of benzene rings is 1. The van der Waals surface area contributed by atoms with Crippen molar-refractivity contribution in [1.29, 1.82) is 0 Å². The zero-order valence-corrected chi connectivity index (χ0v) is 13.0. The second kappa shape index (κ2) is 7.90. The molecule has 0 bridgehead atoms. The summed E-state index contributed by atoms with van der Waals surface area (Å²) in [5.41, 5.74) is 1.52. The van der Waals surface area contributed by atoms with E-state index in [1.807, 2.05) is 26.0 Å². The molecule has 0 spiro atoms. The van der Waals surface area contributed by atoms with Gasteiger partial charge in [-0.25, -0.2) is 0 Å². The lowest BCUT2D eigenvalue weighted by Gasteiger charge is -2.13. The average molecular weight is 279 g/mol. The summed E-state index contributed by atoms with van der Waals surface area (Å²) in [5, 5.41) is 2.91. The summed E-state index contributed by atoms with van der Waals surface area (Å²) in [6.07, 6.45) is 0.137. The Bertz CT molecular complexity index is 441. The molecule has 0 saturated heterocycles. The van der Waals surface area contributed by atoms with E-state index in [1.165, 1.54) is 0 Å². The summed E-state index contributed by atoms with van der Waals surface area (Å²) >= 11 is 0. The van der Waals surface area contributed by atoms with Gasteiger partial charge < -0.3 is 14.8 Å². The third-order valence-electron chi connectivity index (χ3n) is 2.79. The van der Waals surface area contributed by atoms with E-state index >= 15 is 0 Å². The van der Waals surface area contributed by atoms with E-state index < -0.39 is 0 Å². The molecule has 0 radical (unpaired) electrons. The molecule has 0 fully saturated rings.